The summed E-state index contributed by atoms with van der Waals surface area (Å²) < 4.78 is 15.7. The van der Waals surface area contributed by atoms with Gasteiger partial charge in [0.15, 0.2) is 11.5 Å². The highest BCUT2D eigenvalue weighted by Crippen LogP contribution is 2.43. The summed E-state index contributed by atoms with van der Waals surface area (Å²) in [5.41, 5.74) is 0.801. The predicted molar refractivity (Wildman–Crippen MR) is 54.2 cm³/mol. The van der Waals surface area contributed by atoms with Crippen LogP contribution in [0.15, 0.2) is 18.2 Å². The molecule has 2 rings (SSSR count). The van der Waals surface area contributed by atoms with Crippen LogP contribution in [0.3, 0.4) is 0 Å². The van der Waals surface area contributed by atoms with Gasteiger partial charge in [0.25, 0.3) is 0 Å². The molecule has 1 aliphatic heterocycles. The van der Waals surface area contributed by atoms with E-state index >= 15 is 0 Å². The highest BCUT2D eigenvalue weighted by molar-refractivity contribution is 5.77. The van der Waals surface area contributed by atoms with E-state index in [0.717, 1.165) is 5.56 Å². The Balaban J connectivity index is 2.46. The lowest BCUT2D eigenvalue weighted by Crippen LogP contribution is -1.94. The molecule has 1 heterocycles. The monoisotopic (exact) mass is 206 g/mol. The van der Waals surface area contributed by atoms with Gasteiger partial charge in [-0.25, -0.2) is 0 Å². The van der Waals surface area contributed by atoms with E-state index in [4.69, 9.17) is 14.2 Å². The highest BCUT2D eigenvalue weighted by Gasteiger charge is 2.21. The minimum absolute atomic E-state index is 0.178. The molecule has 0 fully saturated rings. The van der Waals surface area contributed by atoms with E-state index in [0.29, 0.717) is 23.5 Å². The molecule has 1 aromatic carbocycles. The van der Waals surface area contributed by atoms with Gasteiger partial charge in [0, 0.05) is 5.56 Å². The van der Waals surface area contributed by atoms with Crippen molar-refractivity contribution in [3.05, 3.63) is 23.8 Å². The van der Waals surface area contributed by atoms with Crippen molar-refractivity contribution in [2.45, 2.75) is 0 Å². The lowest BCUT2D eigenvalue weighted by atomic mass is 10.1. The Labute approximate surface area is 87.1 Å². The average molecular weight is 206 g/mol. The van der Waals surface area contributed by atoms with E-state index < -0.39 is 0 Å². The van der Waals surface area contributed by atoms with Crippen LogP contribution in [0.25, 0.3) is 6.08 Å². The summed E-state index contributed by atoms with van der Waals surface area (Å²) in [4.78, 5) is 10.2. The second-order valence-electron chi connectivity index (χ2n) is 2.92. The summed E-state index contributed by atoms with van der Waals surface area (Å²) in [6, 6.07) is 3.59. The summed E-state index contributed by atoms with van der Waals surface area (Å²) in [6.45, 7) is 0.178. The van der Waals surface area contributed by atoms with Gasteiger partial charge in [-0.15, -0.1) is 0 Å². The molecule has 0 amide bonds. The summed E-state index contributed by atoms with van der Waals surface area (Å²) in [7, 11) is 1.57. The van der Waals surface area contributed by atoms with Gasteiger partial charge < -0.3 is 14.2 Å². The lowest BCUT2D eigenvalue weighted by molar-refractivity contribution is -0.104. The SMILES string of the molecule is COc1ccc(C=CC=O)c2c1OCO2. The third-order valence-corrected chi connectivity index (χ3v) is 2.09. The maximum absolute atomic E-state index is 10.2. The molecule has 15 heavy (non-hydrogen) atoms. The van der Waals surface area contributed by atoms with Crippen LogP contribution in [0.4, 0.5) is 0 Å². The summed E-state index contributed by atoms with van der Waals surface area (Å²) in [5, 5.41) is 0. The first-order valence-corrected chi connectivity index (χ1v) is 4.45. The molecule has 78 valence electrons. The molecule has 0 atom stereocenters. The van der Waals surface area contributed by atoms with Crippen molar-refractivity contribution in [3.63, 3.8) is 0 Å². The fraction of sp³-hybridized carbons (Fsp3) is 0.182. The Morgan fingerprint density at radius 2 is 2.13 bits per heavy atom. The summed E-state index contributed by atoms with van der Waals surface area (Å²) >= 11 is 0. The zero-order valence-corrected chi connectivity index (χ0v) is 8.23. The summed E-state index contributed by atoms with van der Waals surface area (Å²) in [6.07, 6.45) is 3.79. The van der Waals surface area contributed by atoms with E-state index in [1.54, 1.807) is 19.3 Å². The number of ether oxygens (including phenoxy) is 3. The second-order valence-corrected chi connectivity index (χ2v) is 2.92. The van der Waals surface area contributed by atoms with Gasteiger partial charge in [0.05, 0.1) is 7.11 Å². The number of fused-ring (bicyclic) bond motifs is 1. The lowest BCUT2D eigenvalue weighted by Gasteiger charge is -2.05. The second kappa shape index (κ2) is 4.04. The van der Waals surface area contributed by atoms with Crippen LogP contribution >= 0.6 is 0 Å². The number of carbonyl (C=O) groups is 1. The molecule has 0 N–H and O–H groups in total. The molecule has 0 saturated heterocycles. The zero-order valence-electron chi connectivity index (χ0n) is 8.23. The third kappa shape index (κ3) is 1.66. The van der Waals surface area contributed by atoms with Crippen molar-refractivity contribution in [3.8, 4) is 17.2 Å². The summed E-state index contributed by atoms with van der Waals surface area (Å²) in [5.74, 6) is 1.84. The maximum Gasteiger partial charge on any atom is 0.231 e. The minimum Gasteiger partial charge on any atom is -0.493 e. The van der Waals surface area contributed by atoms with Gasteiger partial charge in [-0.2, -0.15) is 0 Å². The molecule has 1 aromatic rings. The van der Waals surface area contributed by atoms with Crippen molar-refractivity contribution in [1.82, 2.24) is 0 Å². The van der Waals surface area contributed by atoms with Crippen LogP contribution in [-0.2, 0) is 4.79 Å². The predicted octanol–water partition coefficient (Wildman–Crippen LogP) is 1.64. The van der Waals surface area contributed by atoms with Crippen molar-refractivity contribution < 1.29 is 19.0 Å². The van der Waals surface area contributed by atoms with Crippen molar-refractivity contribution in [1.29, 1.82) is 0 Å². The van der Waals surface area contributed by atoms with Crippen LogP contribution in [0, 0.1) is 0 Å². The topological polar surface area (TPSA) is 44.8 Å². The van der Waals surface area contributed by atoms with Crippen LogP contribution < -0.4 is 14.2 Å². The van der Waals surface area contributed by atoms with E-state index in [9.17, 15) is 4.79 Å². The number of carbonyl (C=O) groups excluding carboxylic acids is 1. The van der Waals surface area contributed by atoms with Gasteiger partial charge in [-0.3, -0.25) is 4.79 Å². The smallest absolute Gasteiger partial charge is 0.231 e. The van der Waals surface area contributed by atoms with Gasteiger partial charge in [0.1, 0.15) is 6.29 Å². The van der Waals surface area contributed by atoms with Crippen molar-refractivity contribution in [2.75, 3.05) is 13.9 Å². The first kappa shape index (κ1) is 9.58. The van der Waals surface area contributed by atoms with Gasteiger partial charge in [-0.05, 0) is 24.3 Å². The Hall–Kier alpha value is -1.97. The van der Waals surface area contributed by atoms with E-state index in [1.807, 2.05) is 6.07 Å². The van der Waals surface area contributed by atoms with E-state index in [1.165, 1.54) is 6.08 Å². The molecule has 4 heteroatoms. The van der Waals surface area contributed by atoms with Crippen LogP contribution in [0.2, 0.25) is 0 Å². The van der Waals surface area contributed by atoms with Crippen LogP contribution in [0.1, 0.15) is 5.56 Å². The average Bonchev–Trinajstić information content (AvgIpc) is 2.74. The molecule has 0 radical (unpaired) electrons. The number of rotatable bonds is 3. The van der Waals surface area contributed by atoms with Crippen molar-refractivity contribution in [2.24, 2.45) is 0 Å². The standard InChI is InChI=1S/C11H10O4/c1-13-9-5-4-8(3-2-6-12)10-11(9)15-7-14-10/h2-6H,7H2,1H3. The fourth-order valence-corrected chi connectivity index (χ4v) is 1.43. The largest absolute Gasteiger partial charge is 0.493 e. The van der Waals surface area contributed by atoms with Crippen LogP contribution in [-0.4, -0.2) is 20.2 Å². The number of methoxy groups -OCH3 is 1. The Morgan fingerprint density at radius 1 is 1.33 bits per heavy atom. The Morgan fingerprint density at radius 3 is 2.87 bits per heavy atom. The molecule has 4 nitrogen and oxygen atoms in total. The molecule has 0 aliphatic carbocycles. The molecular formula is C11H10O4. The van der Waals surface area contributed by atoms with E-state index in [-0.39, 0.29) is 6.79 Å². The number of allylic oxidation sites excluding steroid dienone is 1. The molecule has 0 bridgehead atoms. The Bertz CT molecular complexity index is 409. The van der Waals surface area contributed by atoms with Gasteiger partial charge in [0.2, 0.25) is 12.5 Å². The first-order chi connectivity index (χ1) is 7.36. The minimum atomic E-state index is 0.178. The molecular weight excluding hydrogens is 196 g/mol. The number of hydrogen-bond acceptors (Lipinski definition) is 4. The van der Waals surface area contributed by atoms with Crippen LogP contribution in [0.5, 0.6) is 17.2 Å². The van der Waals surface area contributed by atoms with Gasteiger partial charge in [-0.1, -0.05) is 0 Å². The number of hydrogen-bond donors (Lipinski definition) is 0. The highest BCUT2D eigenvalue weighted by atomic mass is 16.7. The maximum atomic E-state index is 10.2. The number of benzene rings is 1. The van der Waals surface area contributed by atoms with Crippen molar-refractivity contribution >= 4 is 12.4 Å². The quantitative estimate of drug-likeness (QED) is 0.557. The zero-order chi connectivity index (χ0) is 10.7. The Kier molecular flexibility index (Phi) is 2.58. The number of aldehydes is 1. The molecule has 0 spiro atoms. The van der Waals surface area contributed by atoms with E-state index in [2.05, 4.69) is 0 Å². The fourth-order valence-electron chi connectivity index (χ4n) is 1.43. The molecule has 0 saturated carbocycles. The molecule has 0 unspecified atom stereocenters. The first-order valence-electron chi connectivity index (χ1n) is 4.45. The normalized spacial score (nSPS) is 13.1. The molecule has 0 aromatic heterocycles. The molecule has 1 aliphatic rings. The van der Waals surface area contributed by atoms with Gasteiger partial charge >= 0.3 is 0 Å². The third-order valence-electron chi connectivity index (χ3n) is 2.09.